The van der Waals surface area contributed by atoms with Crippen molar-refractivity contribution < 1.29 is 5.11 Å². The van der Waals surface area contributed by atoms with E-state index in [2.05, 4.69) is 29.6 Å². The van der Waals surface area contributed by atoms with Gasteiger partial charge in [0.05, 0.1) is 6.61 Å². The lowest BCUT2D eigenvalue weighted by molar-refractivity contribution is 0.143. The van der Waals surface area contributed by atoms with E-state index in [0.717, 1.165) is 25.9 Å². The van der Waals surface area contributed by atoms with Crippen LogP contribution in [0.25, 0.3) is 0 Å². The average Bonchev–Trinajstić information content (AvgIpc) is 2.69. The molecule has 1 aliphatic rings. The molecule has 2 N–H and O–H groups in total. The zero-order chi connectivity index (χ0) is 9.86. The quantitative estimate of drug-likeness (QED) is 0.752. The van der Waals surface area contributed by atoms with Gasteiger partial charge < -0.3 is 10.4 Å². The summed E-state index contributed by atoms with van der Waals surface area (Å²) >= 11 is 0. The Balaban J connectivity index is 2.08. The van der Waals surface area contributed by atoms with Crippen molar-refractivity contribution in [1.29, 1.82) is 0 Å². The van der Waals surface area contributed by atoms with Gasteiger partial charge in [-0.05, 0) is 24.9 Å². The van der Waals surface area contributed by atoms with E-state index >= 15 is 0 Å². The zero-order valence-corrected chi connectivity index (χ0v) is 8.37. The highest BCUT2D eigenvalue weighted by molar-refractivity contribution is 5.17. The second-order valence-corrected chi connectivity index (χ2v) is 4.25. The smallest absolute Gasteiger partial charge is 0.0503 e. The molecule has 2 heteroatoms. The van der Waals surface area contributed by atoms with Crippen LogP contribution >= 0.6 is 0 Å². The number of rotatable bonds is 3. The van der Waals surface area contributed by atoms with Crippen molar-refractivity contribution >= 4 is 0 Å². The Morgan fingerprint density at radius 3 is 2.64 bits per heavy atom. The van der Waals surface area contributed by atoms with E-state index in [1.54, 1.807) is 0 Å². The van der Waals surface area contributed by atoms with E-state index in [1.165, 1.54) is 5.56 Å². The van der Waals surface area contributed by atoms with Crippen LogP contribution in [-0.4, -0.2) is 24.8 Å². The topological polar surface area (TPSA) is 32.3 Å². The number of hydrogen-bond acceptors (Lipinski definition) is 2. The monoisotopic (exact) mass is 191 g/mol. The number of aliphatic hydroxyl groups excluding tert-OH is 1. The molecule has 2 rings (SSSR count). The molecule has 2 nitrogen and oxygen atoms in total. The SMILES string of the molecule is OC[C@]1(Cc2ccccc2)CCNC1. The van der Waals surface area contributed by atoms with Crippen LogP contribution in [0.15, 0.2) is 30.3 Å². The van der Waals surface area contributed by atoms with Gasteiger partial charge >= 0.3 is 0 Å². The first-order valence-corrected chi connectivity index (χ1v) is 5.20. The molecule has 0 unspecified atom stereocenters. The van der Waals surface area contributed by atoms with Gasteiger partial charge in [0.15, 0.2) is 0 Å². The van der Waals surface area contributed by atoms with Gasteiger partial charge in [0.2, 0.25) is 0 Å². The molecule has 76 valence electrons. The van der Waals surface area contributed by atoms with Crippen LogP contribution in [0.2, 0.25) is 0 Å². The molecule has 1 atom stereocenters. The molecule has 14 heavy (non-hydrogen) atoms. The molecule has 0 aromatic heterocycles. The first kappa shape index (κ1) is 9.69. The fraction of sp³-hybridized carbons (Fsp3) is 0.500. The van der Waals surface area contributed by atoms with Crippen molar-refractivity contribution in [1.82, 2.24) is 5.32 Å². The Morgan fingerprint density at radius 2 is 2.07 bits per heavy atom. The first-order chi connectivity index (χ1) is 6.85. The normalized spacial score (nSPS) is 26.6. The zero-order valence-electron chi connectivity index (χ0n) is 8.37. The van der Waals surface area contributed by atoms with E-state index in [-0.39, 0.29) is 12.0 Å². The van der Waals surface area contributed by atoms with Gasteiger partial charge in [0.25, 0.3) is 0 Å². The summed E-state index contributed by atoms with van der Waals surface area (Å²) in [6, 6.07) is 10.4. The van der Waals surface area contributed by atoms with Crippen LogP contribution < -0.4 is 5.32 Å². The third-order valence-electron chi connectivity index (χ3n) is 3.09. The predicted octanol–water partition coefficient (Wildman–Crippen LogP) is 1.20. The van der Waals surface area contributed by atoms with Crippen LogP contribution in [0.4, 0.5) is 0 Å². The largest absolute Gasteiger partial charge is 0.396 e. The maximum atomic E-state index is 9.44. The molecule has 1 saturated heterocycles. The molecule has 0 saturated carbocycles. The minimum Gasteiger partial charge on any atom is -0.396 e. The fourth-order valence-corrected chi connectivity index (χ4v) is 2.17. The van der Waals surface area contributed by atoms with Crippen molar-refractivity contribution in [3.8, 4) is 0 Å². The summed E-state index contributed by atoms with van der Waals surface area (Å²) in [6.07, 6.45) is 2.07. The van der Waals surface area contributed by atoms with Gasteiger partial charge in [-0.25, -0.2) is 0 Å². The summed E-state index contributed by atoms with van der Waals surface area (Å²) in [5, 5.41) is 12.8. The third kappa shape index (κ3) is 1.97. The summed E-state index contributed by atoms with van der Waals surface area (Å²) in [5.41, 5.74) is 1.41. The van der Waals surface area contributed by atoms with E-state index in [1.807, 2.05) is 6.07 Å². The number of hydrogen-bond donors (Lipinski definition) is 2. The van der Waals surface area contributed by atoms with E-state index in [0.29, 0.717) is 0 Å². The molecular formula is C12H17NO. The lowest BCUT2D eigenvalue weighted by Crippen LogP contribution is -2.30. The summed E-state index contributed by atoms with van der Waals surface area (Å²) in [7, 11) is 0. The second-order valence-electron chi connectivity index (χ2n) is 4.25. The van der Waals surface area contributed by atoms with Gasteiger partial charge in [0, 0.05) is 12.0 Å². The highest BCUT2D eigenvalue weighted by Gasteiger charge is 2.32. The van der Waals surface area contributed by atoms with Crippen LogP contribution in [-0.2, 0) is 6.42 Å². The highest BCUT2D eigenvalue weighted by atomic mass is 16.3. The third-order valence-corrected chi connectivity index (χ3v) is 3.09. The van der Waals surface area contributed by atoms with Crippen molar-refractivity contribution in [3.63, 3.8) is 0 Å². The van der Waals surface area contributed by atoms with E-state index < -0.39 is 0 Å². The molecule has 1 fully saturated rings. The maximum Gasteiger partial charge on any atom is 0.0503 e. The van der Waals surface area contributed by atoms with E-state index in [9.17, 15) is 5.11 Å². The van der Waals surface area contributed by atoms with Gasteiger partial charge in [-0.1, -0.05) is 30.3 Å². The average molecular weight is 191 g/mol. The Labute approximate surface area is 85.0 Å². The van der Waals surface area contributed by atoms with Crippen LogP contribution in [0.3, 0.4) is 0 Å². The van der Waals surface area contributed by atoms with E-state index in [4.69, 9.17) is 0 Å². The van der Waals surface area contributed by atoms with Crippen molar-refractivity contribution in [3.05, 3.63) is 35.9 Å². The first-order valence-electron chi connectivity index (χ1n) is 5.20. The molecule has 1 heterocycles. The molecule has 0 amide bonds. The van der Waals surface area contributed by atoms with Gasteiger partial charge in [-0.15, -0.1) is 0 Å². The Hall–Kier alpha value is -0.860. The van der Waals surface area contributed by atoms with Crippen LogP contribution in [0, 0.1) is 5.41 Å². The Kier molecular flexibility index (Phi) is 2.85. The molecule has 1 aromatic rings. The molecule has 1 aromatic carbocycles. The summed E-state index contributed by atoms with van der Waals surface area (Å²) < 4.78 is 0. The number of nitrogens with one attached hydrogen (secondary N) is 1. The molecule has 0 bridgehead atoms. The van der Waals surface area contributed by atoms with Crippen molar-refractivity contribution in [2.45, 2.75) is 12.8 Å². The lowest BCUT2D eigenvalue weighted by atomic mass is 9.82. The molecular weight excluding hydrogens is 174 g/mol. The van der Waals surface area contributed by atoms with Crippen LogP contribution in [0.5, 0.6) is 0 Å². The summed E-state index contributed by atoms with van der Waals surface area (Å²) in [6.45, 7) is 2.26. The maximum absolute atomic E-state index is 9.44. The standard InChI is InChI=1S/C12H17NO/c14-10-12(6-7-13-9-12)8-11-4-2-1-3-5-11/h1-5,13-14H,6-10H2/t12-/m0/s1. The fourth-order valence-electron chi connectivity index (χ4n) is 2.17. The lowest BCUT2D eigenvalue weighted by Gasteiger charge is -2.25. The van der Waals surface area contributed by atoms with Gasteiger partial charge in [0.1, 0.15) is 0 Å². The summed E-state index contributed by atoms with van der Waals surface area (Å²) in [4.78, 5) is 0. The van der Waals surface area contributed by atoms with Crippen LogP contribution in [0.1, 0.15) is 12.0 Å². The van der Waals surface area contributed by atoms with Gasteiger partial charge in [-0.3, -0.25) is 0 Å². The van der Waals surface area contributed by atoms with Crippen molar-refractivity contribution in [2.24, 2.45) is 5.41 Å². The highest BCUT2D eigenvalue weighted by Crippen LogP contribution is 2.29. The molecule has 0 radical (unpaired) electrons. The minimum absolute atomic E-state index is 0.0847. The second kappa shape index (κ2) is 4.11. The molecule has 1 aliphatic heterocycles. The number of benzene rings is 1. The minimum atomic E-state index is 0.0847. The van der Waals surface area contributed by atoms with Crippen molar-refractivity contribution in [2.75, 3.05) is 19.7 Å². The molecule has 0 spiro atoms. The predicted molar refractivity (Wildman–Crippen MR) is 57.2 cm³/mol. The van der Waals surface area contributed by atoms with Gasteiger partial charge in [-0.2, -0.15) is 0 Å². The Bertz CT molecular complexity index is 278. The Morgan fingerprint density at radius 1 is 1.29 bits per heavy atom. The summed E-state index contributed by atoms with van der Waals surface area (Å²) in [5.74, 6) is 0. The number of aliphatic hydroxyl groups is 1. The molecule has 0 aliphatic carbocycles.